The second kappa shape index (κ2) is 7.53. The van der Waals surface area contributed by atoms with Gasteiger partial charge in [0, 0.05) is 24.4 Å². The van der Waals surface area contributed by atoms with Crippen LogP contribution < -0.4 is 5.32 Å². The van der Waals surface area contributed by atoms with Crippen LogP contribution in [0.4, 0.5) is 0 Å². The van der Waals surface area contributed by atoms with E-state index in [9.17, 15) is 0 Å². The quantitative estimate of drug-likeness (QED) is 0.728. The molecule has 0 bridgehead atoms. The van der Waals surface area contributed by atoms with Gasteiger partial charge in [-0.25, -0.2) is 0 Å². The first-order valence-corrected chi connectivity index (χ1v) is 7.21. The topological polar surface area (TPSA) is 21.3 Å². The molecular formula is C12H25NOS. The Morgan fingerprint density at radius 1 is 1.40 bits per heavy atom. The monoisotopic (exact) mass is 231 g/mol. The van der Waals surface area contributed by atoms with E-state index in [1.807, 2.05) is 0 Å². The summed E-state index contributed by atoms with van der Waals surface area (Å²) in [5, 5.41) is 4.61. The normalized spacial score (nSPS) is 28.2. The Kier molecular flexibility index (Phi) is 6.69. The van der Waals surface area contributed by atoms with E-state index in [4.69, 9.17) is 4.74 Å². The van der Waals surface area contributed by atoms with Crippen LogP contribution in [0.5, 0.6) is 0 Å². The lowest BCUT2D eigenvalue weighted by molar-refractivity contribution is 0.158. The Labute approximate surface area is 98.5 Å². The Balaban J connectivity index is 2.21. The van der Waals surface area contributed by atoms with E-state index in [1.54, 1.807) is 7.11 Å². The summed E-state index contributed by atoms with van der Waals surface area (Å²) in [4.78, 5) is 0. The van der Waals surface area contributed by atoms with Gasteiger partial charge in [0.1, 0.15) is 0 Å². The van der Waals surface area contributed by atoms with Crippen LogP contribution in [0, 0.1) is 0 Å². The van der Waals surface area contributed by atoms with Crippen LogP contribution in [-0.4, -0.2) is 36.8 Å². The molecule has 0 aliphatic heterocycles. The summed E-state index contributed by atoms with van der Waals surface area (Å²) in [5.41, 5.74) is 0. The third-order valence-electron chi connectivity index (χ3n) is 3.12. The zero-order valence-electron chi connectivity index (χ0n) is 10.3. The minimum absolute atomic E-state index is 0.547. The molecule has 15 heavy (non-hydrogen) atoms. The van der Waals surface area contributed by atoms with Crippen LogP contribution in [0.25, 0.3) is 0 Å². The number of methoxy groups -OCH3 is 1. The zero-order valence-corrected chi connectivity index (χ0v) is 11.1. The molecule has 1 N–H and O–H groups in total. The Morgan fingerprint density at radius 2 is 2.20 bits per heavy atom. The van der Waals surface area contributed by atoms with Gasteiger partial charge < -0.3 is 10.1 Å². The summed E-state index contributed by atoms with van der Waals surface area (Å²) < 4.78 is 5.21. The van der Waals surface area contributed by atoms with E-state index < -0.39 is 0 Å². The highest BCUT2D eigenvalue weighted by Crippen LogP contribution is 2.29. The van der Waals surface area contributed by atoms with Gasteiger partial charge in [0.05, 0.1) is 6.61 Å². The molecule has 0 aromatic rings. The minimum atomic E-state index is 0.547. The van der Waals surface area contributed by atoms with E-state index in [0.29, 0.717) is 6.04 Å². The van der Waals surface area contributed by atoms with Crippen molar-refractivity contribution in [1.29, 1.82) is 0 Å². The molecule has 1 saturated carbocycles. The van der Waals surface area contributed by atoms with Gasteiger partial charge >= 0.3 is 0 Å². The van der Waals surface area contributed by atoms with Crippen LogP contribution in [-0.2, 0) is 4.74 Å². The SMILES string of the molecule is CCSC1CCC(NC(CC)COC)C1. The molecule has 0 amide bonds. The van der Waals surface area contributed by atoms with Crippen molar-refractivity contribution in [1.82, 2.24) is 5.32 Å². The molecule has 3 atom stereocenters. The Bertz CT molecular complexity index is 166. The molecule has 0 heterocycles. The van der Waals surface area contributed by atoms with Gasteiger partial charge in [-0.05, 0) is 31.4 Å². The molecule has 0 aromatic carbocycles. The lowest BCUT2D eigenvalue weighted by Gasteiger charge is -2.21. The maximum absolute atomic E-state index is 5.21. The van der Waals surface area contributed by atoms with Crippen LogP contribution in [0.3, 0.4) is 0 Å². The highest BCUT2D eigenvalue weighted by molar-refractivity contribution is 7.99. The summed E-state index contributed by atoms with van der Waals surface area (Å²) in [6.07, 6.45) is 5.24. The molecule has 3 unspecified atom stereocenters. The molecule has 3 heteroatoms. The van der Waals surface area contributed by atoms with Crippen molar-refractivity contribution in [2.75, 3.05) is 19.5 Å². The number of thioether (sulfide) groups is 1. The standard InChI is InChI=1S/C12H25NOS/c1-4-10(9-14-3)13-11-6-7-12(8-11)15-5-2/h10-13H,4-9H2,1-3H3. The van der Waals surface area contributed by atoms with Crippen molar-refractivity contribution in [2.24, 2.45) is 0 Å². The van der Waals surface area contributed by atoms with E-state index in [-0.39, 0.29) is 0 Å². The fourth-order valence-electron chi connectivity index (χ4n) is 2.30. The van der Waals surface area contributed by atoms with Gasteiger partial charge in [-0.1, -0.05) is 13.8 Å². The van der Waals surface area contributed by atoms with Crippen LogP contribution in [0.2, 0.25) is 0 Å². The van der Waals surface area contributed by atoms with Gasteiger partial charge in [-0.2, -0.15) is 11.8 Å². The van der Waals surface area contributed by atoms with Crippen molar-refractivity contribution in [3.8, 4) is 0 Å². The third kappa shape index (κ3) is 4.75. The smallest absolute Gasteiger partial charge is 0.0615 e. The highest BCUT2D eigenvalue weighted by atomic mass is 32.2. The Morgan fingerprint density at radius 3 is 2.80 bits per heavy atom. The number of hydrogen-bond donors (Lipinski definition) is 1. The highest BCUT2D eigenvalue weighted by Gasteiger charge is 2.25. The van der Waals surface area contributed by atoms with Crippen LogP contribution in [0.1, 0.15) is 39.5 Å². The van der Waals surface area contributed by atoms with Crippen molar-refractivity contribution in [3.05, 3.63) is 0 Å². The maximum Gasteiger partial charge on any atom is 0.0615 e. The second-order valence-corrected chi connectivity index (χ2v) is 5.89. The van der Waals surface area contributed by atoms with Crippen LogP contribution in [0.15, 0.2) is 0 Å². The molecule has 0 aromatic heterocycles. The molecule has 1 rings (SSSR count). The molecule has 0 radical (unpaired) electrons. The second-order valence-electron chi connectivity index (χ2n) is 4.31. The largest absolute Gasteiger partial charge is 0.383 e. The Hall–Kier alpha value is 0.270. The molecular weight excluding hydrogens is 206 g/mol. The predicted octanol–water partition coefficient (Wildman–Crippen LogP) is 2.68. The van der Waals surface area contributed by atoms with Crippen molar-refractivity contribution in [2.45, 2.75) is 56.9 Å². The third-order valence-corrected chi connectivity index (χ3v) is 4.35. The summed E-state index contributed by atoms with van der Waals surface area (Å²) in [6.45, 7) is 5.33. The molecule has 1 fully saturated rings. The van der Waals surface area contributed by atoms with Crippen LogP contribution >= 0.6 is 11.8 Å². The van der Waals surface area contributed by atoms with Gasteiger partial charge in [0.2, 0.25) is 0 Å². The average molecular weight is 231 g/mol. The van der Waals surface area contributed by atoms with E-state index >= 15 is 0 Å². The van der Waals surface area contributed by atoms with E-state index in [1.165, 1.54) is 25.0 Å². The van der Waals surface area contributed by atoms with Gasteiger partial charge in [-0.15, -0.1) is 0 Å². The summed E-state index contributed by atoms with van der Waals surface area (Å²) in [5.74, 6) is 1.26. The molecule has 2 nitrogen and oxygen atoms in total. The first-order valence-electron chi connectivity index (χ1n) is 6.16. The lowest BCUT2D eigenvalue weighted by Crippen LogP contribution is -2.39. The average Bonchev–Trinajstić information content (AvgIpc) is 2.66. The van der Waals surface area contributed by atoms with E-state index in [2.05, 4.69) is 30.9 Å². The summed E-state index contributed by atoms with van der Waals surface area (Å²) in [7, 11) is 1.79. The molecule has 0 saturated heterocycles. The van der Waals surface area contributed by atoms with E-state index in [0.717, 1.165) is 24.3 Å². The summed E-state index contributed by atoms with van der Waals surface area (Å²) >= 11 is 2.12. The van der Waals surface area contributed by atoms with Crippen molar-refractivity contribution < 1.29 is 4.74 Å². The number of nitrogens with one attached hydrogen (secondary N) is 1. The van der Waals surface area contributed by atoms with Gasteiger partial charge in [0.25, 0.3) is 0 Å². The predicted molar refractivity (Wildman–Crippen MR) is 68.6 cm³/mol. The zero-order chi connectivity index (χ0) is 11.1. The lowest BCUT2D eigenvalue weighted by atomic mass is 10.2. The van der Waals surface area contributed by atoms with Gasteiger partial charge in [0.15, 0.2) is 0 Å². The molecule has 0 spiro atoms. The number of ether oxygens (including phenoxy) is 1. The molecule has 90 valence electrons. The first kappa shape index (κ1) is 13.3. The van der Waals surface area contributed by atoms with Gasteiger partial charge in [-0.3, -0.25) is 0 Å². The number of rotatable bonds is 7. The molecule has 1 aliphatic carbocycles. The molecule has 1 aliphatic rings. The summed E-state index contributed by atoms with van der Waals surface area (Å²) in [6, 6.07) is 1.28. The number of hydrogen-bond acceptors (Lipinski definition) is 3. The maximum atomic E-state index is 5.21. The fourth-order valence-corrected chi connectivity index (χ4v) is 3.44. The first-order chi connectivity index (χ1) is 7.30. The minimum Gasteiger partial charge on any atom is -0.383 e. The fraction of sp³-hybridized carbons (Fsp3) is 1.00. The van der Waals surface area contributed by atoms with Crippen molar-refractivity contribution in [3.63, 3.8) is 0 Å². The van der Waals surface area contributed by atoms with Crippen molar-refractivity contribution >= 4 is 11.8 Å².